The minimum Gasteiger partial charge on any atom is -0.378 e. The first kappa shape index (κ1) is 14.8. The Labute approximate surface area is 130 Å². The summed E-state index contributed by atoms with van der Waals surface area (Å²) in [5.74, 6) is 1.56. The summed E-state index contributed by atoms with van der Waals surface area (Å²) in [4.78, 5) is 11.3. The topological polar surface area (TPSA) is 74.1 Å². The molecule has 0 aromatic carbocycles. The van der Waals surface area contributed by atoms with Crippen molar-refractivity contribution < 1.29 is 4.74 Å². The summed E-state index contributed by atoms with van der Waals surface area (Å²) in [6.45, 7) is 3.06. The molecule has 0 unspecified atom stereocenters. The van der Waals surface area contributed by atoms with Gasteiger partial charge in [-0.15, -0.1) is 0 Å². The number of anilines is 2. The molecule has 1 saturated heterocycles. The Morgan fingerprint density at radius 2 is 2.09 bits per heavy atom. The number of hydrogen-bond donors (Lipinski definition) is 1. The van der Waals surface area contributed by atoms with Gasteiger partial charge in [-0.25, -0.2) is 4.98 Å². The Kier molecular flexibility index (Phi) is 4.86. The Morgan fingerprint density at radius 1 is 1.32 bits per heavy atom. The van der Waals surface area contributed by atoms with Crippen LogP contribution in [0.1, 0.15) is 31.2 Å². The van der Waals surface area contributed by atoms with Gasteiger partial charge in [0, 0.05) is 37.0 Å². The zero-order valence-electron chi connectivity index (χ0n) is 12.7. The predicted molar refractivity (Wildman–Crippen MR) is 85.6 cm³/mol. The molecule has 0 atom stereocenters. The van der Waals surface area contributed by atoms with Gasteiger partial charge in [0.25, 0.3) is 0 Å². The van der Waals surface area contributed by atoms with E-state index in [1.807, 2.05) is 6.07 Å². The summed E-state index contributed by atoms with van der Waals surface area (Å²) >= 11 is 0. The zero-order chi connectivity index (χ0) is 15.2. The van der Waals surface area contributed by atoms with Crippen molar-refractivity contribution in [3.05, 3.63) is 17.8 Å². The van der Waals surface area contributed by atoms with Gasteiger partial charge >= 0.3 is 0 Å². The van der Waals surface area contributed by atoms with E-state index in [4.69, 9.17) is 15.0 Å². The summed E-state index contributed by atoms with van der Waals surface area (Å²) < 4.78 is 5.38. The van der Waals surface area contributed by atoms with Crippen LogP contribution in [0, 0.1) is 11.3 Å². The van der Waals surface area contributed by atoms with Crippen molar-refractivity contribution in [2.24, 2.45) is 0 Å². The van der Waals surface area contributed by atoms with E-state index in [0.717, 1.165) is 30.4 Å². The standard InChI is InChI=1S/C16H21N5O/c17-7-3-4-13-12-18-16(21-8-10-22-11-9-21)20-15(13)19-14-5-1-2-6-14/h3-4,12,14H,1-2,5-6,8-11H2,(H,18,19,20)/b4-3+. The van der Waals surface area contributed by atoms with Crippen molar-refractivity contribution in [3.8, 4) is 6.07 Å². The summed E-state index contributed by atoms with van der Waals surface area (Å²) in [7, 11) is 0. The molecular weight excluding hydrogens is 278 g/mol. The van der Waals surface area contributed by atoms with E-state index in [1.54, 1.807) is 12.3 Å². The fourth-order valence-corrected chi connectivity index (χ4v) is 2.93. The molecular formula is C16H21N5O. The second-order valence-corrected chi connectivity index (χ2v) is 5.66. The van der Waals surface area contributed by atoms with Crippen LogP contribution in [0.3, 0.4) is 0 Å². The molecule has 1 saturated carbocycles. The highest BCUT2D eigenvalue weighted by Crippen LogP contribution is 2.25. The predicted octanol–water partition coefficient (Wildman–Crippen LogP) is 2.20. The third-order valence-electron chi connectivity index (χ3n) is 4.13. The molecule has 1 aromatic rings. The molecule has 2 aliphatic rings. The van der Waals surface area contributed by atoms with Gasteiger partial charge in [0.1, 0.15) is 5.82 Å². The smallest absolute Gasteiger partial charge is 0.227 e. The maximum atomic E-state index is 8.74. The molecule has 1 aliphatic carbocycles. The van der Waals surface area contributed by atoms with Crippen molar-refractivity contribution in [1.82, 2.24) is 9.97 Å². The van der Waals surface area contributed by atoms with Crippen LogP contribution in [-0.4, -0.2) is 42.3 Å². The number of rotatable bonds is 4. The Morgan fingerprint density at radius 3 is 2.82 bits per heavy atom. The van der Waals surface area contributed by atoms with Crippen molar-refractivity contribution in [2.45, 2.75) is 31.7 Å². The summed E-state index contributed by atoms with van der Waals surface area (Å²) in [5.41, 5.74) is 0.866. The van der Waals surface area contributed by atoms with Crippen LogP contribution in [0.15, 0.2) is 12.3 Å². The van der Waals surface area contributed by atoms with E-state index in [9.17, 15) is 0 Å². The Hall–Kier alpha value is -2.13. The third kappa shape index (κ3) is 3.55. The van der Waals surface area contributed by atoms with Crippen molar-refractivity contribution in [2.75, 3.05) is 36.5 Å². The molecule has 0 amide bonds. The molecule has 0 bridgehead atoms. The van der Waals surface area contributed by atoms with E-state index in [2.05, 4.69) is 15.2 Å². The average molecular weight is 299 g/mol. The van der Waals surface area contributed by atoms with E-state index in [0.29, 0.717) is 19.3 Å². The van der Waals surface area contributed by atoms with Gasteiger partial charge in [0.15, 0.2) is 0 Å². The van der Waals surface area contributed by atoms with E-state index in [-0.39, 0.29) is 0 Å². The van der Waals surface area contributed by atoms with Gasteiger partial charge in [-0.3, -0.25) is 0 Å². The lowest BCUT2D eigenvalue weighted by molar-refractivity contribution is 0.122. The molecule has 0 spiro atoms. The number of ether oxygens (including phenoxy) is 1. The van der Waals surface area contributed by atoms with Crippen molar-refractivity contribution >= 4 is 17.8 Å². The molecule has 6 heteroatoms. The van der Waals surface area contributed by atoms with Crippen LogP contribution in [0.2, 0.25) is 0 Å². The quantitative estimate of drug-likeness (QED) is 0.859. The van der Waals surface area contributed by atoms with Gasteiger partial charge in [0.05, 0.1) is 19.3 Å². The fourth-order valence-electron chi connectivity index (χ4n) is 2.93. The minimum absolute atomic E-state index is 0.474. The first-order valence-electron chi connectivity index (χ1n) is 7.89. The number of nitrogens with one attached hydrogen (secondary N) is 1. The second kappa shape index (κ2) is 7.23. The third-order valence-corrected chi connectivity index (χ3v) is 4.13. The van der Waals surface area contributed by atoms with Crippen LogP contribution >= 0.6 is 0 Å². The molecule has 1 N–H and O–H groups in total. The van der Waals surface area contributed by atoms with E-state index < -0.39 is 0 Å². The van der Waals surface area contributed by atoms with Gasteiger partial charge < -0.3 is 15.0 Å². The lowest BCUT2D eigenvalue weighted by atomic mass is 10.2. The number of aromatic nitrogens is 2. The highest BCUT2D eigenvalue weighted by atomic mass is 16.5. The van der Waals surface area contributed by atoms with Crippen LogP contribution in [-0.2, 0) is 4.74 Å². The Bertz CT molecular complexity index is 568. The number of nitriles is 1. The largest absolute Gasteiger partial charge is 0.378 e. The van der Waals surface area contributed by atoms with Crippen LogP contribution in [0.5, 0.6) is 0 Å². The molecule has 1 aliphatic heterocycles. The van der Waals surface area contributed by atoms with Crippen LogP contribution in [0.4, 0.5) is 11.8 Å². The number of hydrogen-bond acceptors (Lipinski definition) is 6. The first-order valence-corrected chi connectivity index (χ1v) is 7.89. The minimum atomic E-state index is 0.474. The van der Waals surface area contributed by atoms with Crippen LogP contribution in [0.25, 0.3) is 6.08 Å². The molecule has 116 valence electrons. The molecule has 1 aromatic heterocycles. The normalized spacial score (nSPS) is 19.5. The first-order chi connectivity index (χ1) is 10.9. The Balaban J connectivity index is 1.83. The maximum Gasteiger partial charge on any atom is 0.227 e. The van der Waals surface area contributed by atoms with Gasteiger partial charge in [0.2, 0.25) is 5.95 Å². The number of allylic oxidation sites excluding steroid dienone is 1. The van der Waals surface area contributed by atoms with Gasteiger partial charge in [-0.05, 0) is 18.9 Å². The molecule has 22 heavy (non-hydrogen) atoms. The highest BCUT2D eigenvalue weighted by Gasteiger charge is 2.19. The van der Waals surface area contributed by atoms with Crippen molar-refractivity contribution in [3.63, 3.8) is 0 Å². The summed E-state index contributed by atoms with van der Waals surface area (Å²) in [6, 6.07) is 2.50. The second-order valence-electron chi connectivity index (χ2n) is 5.66. The van der Waals surface area contributed by atoms with E-state index in [1.165, 1.54) is 31.8 Å². The lowest BCUT2D eigenvalue weighted by Crippen LogP contribution is -2.37. The molecule has 2 heterocycles. The lowest BCUT2D eigenvalue weighted by Gasteiger charge is -2.27. The highest BCUT2D eigenvalue weighted by molar-refractivity contribution is 5.65. The monoisotopic (exact) mass is 299 g/mol. The van der Waals surface area contributed by atoms with Gasteiger partial charge in [-0.1, -0.05) is 12.8 Å². The van der Waals surface area contributed by atoms with E-state index >= 15 is 0 Å². The fraction of sp³-hybridized carbons (Fsp3) is 0.562. The molecule has 0 radical (unpaired) electrons. The SMILES string of the molecule is N#C/C=C/c1cnc(N2CCOCC2)nc1NC1CCCC1. The average Bonchev–Trinajstić information content (AvgIpc) is 3.07. The maximum absolute atomic E-state index is 8.74. The zero-order valence-corrected chi connectivity index (χ0v) is 12.7. The van der Waals surface area contributed by atoms with Crippen molar-refractivity contribution in [1.29, 1.82) is 5.26 Å². The summed E-state index contributed by atoms with van der Waals surface area (Å²) in [6.07, 6.45) is 9.91. The summed E-state index contributed by atoms with van der Waals surface area (Å²) in [5, 5.41) is 12.3. The van der Waals surface area contributed by atoms with Crippen LogP contribution < -0.4 is 10.2 Å². The number of nitrogens with zero attached hydrogens (tertiary/aromatic N) is 4. The molecule has 6 nitrogen and oxygen atoms in total. The number of morpholine rings is 1. The van der Waals surface area contributed by atoms with Gasteiger partial charge in [-0.2, -0.15) is 10.2 Å². The molecule has 3 rings (SSSR count). The molecule has 2 fully saturated rings.